The van der Waals surface area contributed by atoms with Gasteiger partial charge in [-0.1, -0.05) is 6.07 Å². The third-order valence-corrected chi connectivity index (χ3v) is 3.30. The van der Waals surface area contributed by atoms with Crippen molar-refractivity contribution in [1.82, 2.24) is 10.6 Å². The molecule has 0 saturated heterocycles. The minimum Gasteiger partial charge on any atom is -0.486 e. The minimum atomic E-state index is -0.190. The van der Waals surface area contributed by atoms with Crippen LogP contribution in [0.2, 0.25) is 0 Å². The average molecular weight is 292 g/mol. The summed E-state index contributed by atoms with van der Waals surface area (Å²) < 4.78 is 11.1. The maximum absolute atomic E-state index is 11.8. The van der Waals surface area contributed by atoms with Crippen molar-refractivity contribution in [2.75, 3.05) is 19.8 Å². The fourth-order valence-electron chi connectivity index (χ4n) is 2.18. The number of fused-ring (bicyclic) bond motifs is 1. The van der Waals surface area contributed by atoms with Crippen LogP contribution in [0.5, 0.6) is 11.5 Å². The van der Waals surface area contributed by atoms with Crippen LogP contribution in [0.3, 0.4) is 0 Å². The summed E-state index contributed by atoms with van der Waals surface area (Å²) in [5.74, 6) is 1.65. The van der Waals surface area contributed by atoms with E-state index in [4.69, 9.17) is 9.47 Å². The Morgan fingerprint density at radius 2 is 1.90 bits per heavy atom. The number of amides is 1. The van der Waals surface area contributed by atoms with Crippen LogP contribution in [-0.4, -0.2) is 37.7 Å². The number of nitrogens with one attached hydrogen (secondary N) is 2. The van der Waals surface area contributed by atoms with Gasteiger partial charge in [0.2, 0.25) is 5.91 Å². The summed E-state index contributed by atoms with van der Waals surface area (Å²) in [4.78, 5) is 11.8. The summed E-state index contributed by atoms with van der Waals surface area (Å²) in [7, 11) is 0. The molecule has 5 heteroatoms. The van der Waals surface area contributed by atoms with E-state index < -0.39 is 0 Å². The molecule has 1 atom stereocenters. The number of carbonyl (C=O) groups excluding carboxylic acids is 1. The van der Waals surface area contributed by atoms with Crippen LogP contribution in [0.4, 0.5) is 0 Å². The quantitative estimate of drug-likeness (QED) is 0.834. The first-order chi connectivity index (χ1) is 10.1. The molecule has 1 aromatic carbocycles. The molecule has 1 amide bonds. The fraction of sp³-hybridized carbons (Fsp3) is 0.562. The Kier molecular flexibility index (Phi) is 5.44. The van der Waals surface area contributed by atoms with E-state index in [0.717, 1.165) is 24.5 Å². The third kappa shape index (κ3) is 4.63. The number of carbonyl (C=O) groups is 1. The molecule has 0 aliphatic carbocycles. The van der Waals surface area contributed by atoms with Gasteiger partial charge in [-0.05, 0) is 51.4 Å². The molecular weight excluding hydrogens is 268 g/mol. The van der Waals surface area contributed by atoms with Crippen molar-refractivity contribution < 1.29 is 14.3 Å². The summed E-state index contributed by atoms with van der Waals surface area (Å²) in [5.41, 5.74) is 1.17. The second-order valence-electron chi connectivity index (χ2n) is 5.57. The number of benzene rings is 1. The Morgan fingerprint density at radius 1 is 1.19 bits per heavy atom. The molecule has 0 saturated carbocycles. The van der Waals surface area contributed by atoms with Crippen LogP contribution in [0.15, 0.2) is 18.2 Å². The van der Waals surface area contributed by atoms with E-state index in [2.05, 4.69) is 10.6 Å². The molecule has 5 nitrogen and oxygen atoms in total. The van der Waals surface area contributed by atoms with E-state index in [-0.39, 0.29) is 18.0 Å². The predicted octanol–water partition coefficient (Wildman–Crippen LogP) is 1.50. The molecule has 2 rings (SSSR count). The van der Waals surface area contributed by atoms with Gasteiger partial charge >= 0.3 is 0 Å². The smallest absolute Gasteiger partial charge is 0.237 e. The maximum atomic E-state index is 11.8. The summed E-state index contributed by atoms with van der Waals surface area (Å²) in [6.45, 7) is 7.74. The van der Waals surface area contributed by atoms with E-state index in [0.29, 0.717) is 13.2 Å². The van der Waals surface area contributed by atoms with Crippen molar-refractivity contribution in [3.63, 3.8) is 0 Å². The van der Waals surface area contributed by atoms with Crippen LogP contribution < -0.4 is 20.1 Å². The van der Waals surface area contributed by atoms with E-state index in [1.807, 2.05) is 39.0 Å². The van der Waals surface area contributed by atoms with Gasteiger partial charge in [-0.3, -0.25) is 4.79 Å². The summed E-state index contributed by atoms with van der Waals surface area (Å²) in [6.07, 6.45) is 0.843. The highest BCUT2D eigenvalue weighted by molar-refractivity contribution is 5.81. The van der Waals surface area contributed by atoms with Crippen molar-refractivity contribution >= 4 is 5.91 Å². The Labute approximate surface area is 126 Å². The lowest BCUT2D eigenvalue weighted by Crippen LogP contribution is -2.45. The standard InChI is InChI=1S/C16H24N2O3/c1-11(2)18-16(19)12(3)17-7-6-13-4-5-14-15(10-13)21-9-8-20-14/h4-5,10-12,17H,6-9H2,1-3H3,(H,18,19). The maximum Gasteiger partial charge on any atom is 0.237 e. The Hall–Kier alpha value is -1.75. The van der Waals surface area contributed by atoms with E-state index >= 15 is 0 Å². The second-order valence-corrected chi connectivity index (χ2v) is 5.57. The monoisotopic (exact) mass is 292 g/mol. The Morgan fingerprint density at radius 3 is 2.62 bits per heavy atom. The predicted molar refractivity (Wildman–Crippen MR) is 81.9 cm³/mol. The molecule has 1 aliphatic rings. The zero-order valence-electron chi connectivity index (χ0n) is 12.9. The number of rotatable bonds is 6. The van der Waals surface area contributed by atoms with Gasteiger partial charge in [0.1, 0.15) is 13.2 Å². The van der Waals surface area contributed by atoms with Gasteiger partial charge in [-0.2, -0.15) is 0 Å². The van der Waals surface area contributed by atoms with Crippen molar-refractivity contribution in [3.05, 3.63) is 23.8 Å². The van der Waals surface area contributed by atoms with Gasteiger partial charge in [0.25, 0.3) is 0 Å². The molecule has 1 unspecified atom stereocenters. The molecule has 21 heavy (non-hydrogen) atoms. The van der Waals surface area contributed by atoms with Crippen LogP contribution in [0, 0.1) is 0 Å². The van der Waals surface area contributed by atoms with Gasteiger partial charge in [0.15, 0.2) is 11.5 Å². The summed E-state index contributed by atoms with van der Waals surface area (Å²) in [5, 5.41) is 6.13. The number of hydrogen-bond donors (Lipinski definition) is 2. The normalized spacial score (nSPS) is 14.9. The van der Waals surface area contributed by atoms with Crippen molar-refractivity contribution in [1.29, 1.82) is 0 Å². The van der Waals surface area contributed by atoms with Gasteiger partial charge in [0.05, 0.1) is 6.04 Å². The molecule has 1 aliphatic heterocycles. The van der Waals surface area contributed by atoms with Crippen LogP contribution in [0.25, 0.3) is 0 Å². The largest absolute Gasteiger partial charge is 0.486 e. The van der Waals surface area contributed by atoms with Gasteiger partial charge in [-0.25, -0.2) is 0 Å². The van der Waals surface area contributed by atoms with Crippen molar-refractivity contribution in [2.24, 2.45) is 0 Å². The van der Waals surface area contributed by atoms with E-state index in [1.165, 1.54) is 5.56 Å². The zero-order valence-corrected chi connectivity index (χ0v) is 12.9. The van der Waals surface area contributed by atoms with Crippen LogP contribution >= 0.6 is 0 Å². The summed E-state index contributed by atoms with van der Waals surface area (Å²) in [6, 6.07) is 5.96. The molecule has 116 valence electrons. The highest BCUT2D eigenvalue weighted by atomic mass is 16.6. The third-order valence-electron chi connectivity index (χ3n) is 3.30. The summed E-state index contributed by atoms with van der Waals surface area (Å²) >= 11 is 0. The van der Waals surface area contributed by atoms with Crippen LogP contribution in [-0.2, 0) is 11.2 Å². The van der Waals surface area contributed by atoms with Crippen molar-refractivity contribution in [2.45, 2.75) is 39.3 Å². The van der Waals surface area contributed by atoms with Gasteiger partial charge in [0, 0.05) is 6.04 Å². The molecule has 1 aromatic rings. The molecule has 0 aromatic heterocycles. The number of ether oxygens (including phenoxy) is 2. The van der Waals surface area contributed by atoms with Gasteiger partial charge < -0.3 is 20.1 Å². The van der Waals surface area contributed by atoms with Gasteiger partial charge in [-0.15, -0.1) is 0 Å². The van der Waals surface area contributed by atoms with Crippen molar-refractivity contribution in [3.8, 4) is 11.5 Å². The fourth-order valence-corrected chi connectivity index (χ4v) is 2.18. The molecule has 1 heterocycles. The number of hydrogen-bond acceptors (Lipinski definition) is 4. The van der Waals surface area contributed by atoms with E-state index in [1.54, 1.807) is 0 Å². The Bertz CT molecular complexity index is 488. The Balaban J connectivity index is 1.79. The molecular formula is C16H24N2O3. The SMILES string of the molecule is CC(C)NC(=O)C(C)NCCc1ccc2c(c1)OCCO2. The van der Waals surface area contributed by atoms with E-state index in [9.17, 15) is 4.79 Å². The molecule has 0 radical (unpaired) electrons. The second kappa shape index (κ2) is 7.31. The lowest BCUT2D eigenvalue weighted by molar-refractivity contribution is -0.123. The first-order valence-electron chi connectivity index (χ1n) is 7.48. The first-order valence-corrected chi connectivity index (χ1v) is 7.48. The topological polar surface area (TPSA) is 59.6 Å². The molecule has 0 bridgehead atoms. The highest BCUT2D eigenvalue weighted by Gasteiger charge is 2.14. The highest BCUT2D eigenvalue weighted by Crippen LogP contribution is 2.30. The van der Waals surface area contributed by atoms with Crippen LogP contribution in [0.1, 0.15) is 26.3 Å². The first kappa shape index (κ1) is 15.6. The lowest BCUT2D eigenvalue weighted by Gasteiger charge is -2.19. The average Bonchev–Trinajstić information content (AvgIpc) is 2.46. The molecule has 2 N–H and O–H groups in total. The molecule has 0 fully saturated rings. The lowest BCUT2D eigenvalue weighted by atomic mass is 10.1. The minimum absolute atomic E-state index is 0.0344. The zero-order chi connectivity index (χ0) is 15.2. The molecule has 0 spiro atoms.